The maximum Gasteiger partial charge on any atom is 0.303 e. The van der Waals surface area contributed by atoms with E-state index in [2.05, 4.69) is 35.2 Å². The Morgan fingerprint density at radius 3 is 2.33 bits per heavy atom. The highest BCUT2D eigenvalue weighted by Crippen LogP contribution is 2.26. The maximum absolute atomic E-state index is 10.9. The minimum atomic E-state index is -0.788. The topological polar surface area (TPSA) is 59.0 Å². The normalized spacial score (nSPS) is 14.6. The summed E-state index contributed by atoms with van der Waals surface area (Å²) in [4.78, 5) is 13.3. The smallest absolute Gasteiger partial charge is 0.303 e. The molecule has 0 aliphatic carbocycles. The van der Waals surface area contributed by atoms with Gasteiger partial charge >= 0.3 is 5.97 Å². The fourth-order valence-electron chi connectivity index (χ4n) is 4.34. The third-order valence-corrected chi connectivity index (χ3v) is 6.64. The molecular weight excluding hydrogens is 474 g/mol. The van der Waals surface area contributed by atoms with Crippen LogP contribution in [0.3, 0.4) is 0 Å². The number of rotatable bonds is 10. The standard InChI is InChI=1S/C30H32ClNO4/c1-22-20-28(12-8-24(22)9-13-30(33)34)36-17-14-29(26-6-10-27(31)11-7-26)25-4-2-23(3-5-25)21-32-15-18-35-19-16-32/h2-8,10-12,14,20H,9,13,15-19,21H2,1H3,(H,33,34)/b29-14-. The largest absolute Gasteiger partial charge is 0.490 e. The Kier molecular flexibility index (Phi) is 9.17. The average molecular weight is 506 g/mol. The Hall–Kier alpha value is -3.12. The summed E-state index contributed by atoms with van der Waals surface area (Å²) in [6, 6.07) is 22.4. The van der Waals surface area contributed by atoms with Gasteiger partial charge in [-0.1, -0.05) is 54.1 Å². The van der Waals surface area contributed by atoms with E-state index in [-0.39, 0.29) is 6.42 Å². The van der Waals surface area contributed by atoms with Crippen LogP contribution in [-0.4, -0.2) is 48.9 Å². The maximum atomic E-state index is 10.9. The molecule has 36 heavy (non-hydrogen) atoms. The van der Waals surface area contributed by atoms with Crippen LogP contribution in [-0.2, 0) is 22.5 Å². The van der Waals surface area contributed by atoms with E-state index in [1.165, 1.54) is 5.56 Å². The van der Waals surface area contributed by atoms with E-state index in [1.54, 1.807) is 0 Å². The number of carbonyl (C=O) groups is 1. The fourth-order valence-corrected chi connectivity index (χ4v) is 4.47. The van der Waals surface area contributed by atoms with E-state index >= 15 is 0 Å². The zero-order valence-electron chi connectivity index (χ0n) is 20.6. The number of carboxylic acids is 1. The van der Waals surface area contributed by atoms with Gasteiger partial charge in [0.2, 0.25) is 0 Å². The summed E-state index contributed by atoms with van der Waals surface area (Å²) in [5.74, 6) is -0.0251. The molecule has 188 valence electrons. The highest BCUT2D eigenvalue weighted by molar-refractivity contribution is 6.30. The number of benzene rings is 3. The predicted octanol–water partition coefficient (Wildman–Crippen LogP) is 6.01. The molecule has 1 fully saturated rings. The van der Waals surface area contributed by atoms with Crippen molar-refractivity contribution in [2.45, 2.75) is 26.3 Å². The lowest BCUT2D eigenvalue weighted by molar-refractivity contribution is -0.136. The Labute approximate surface area is 217 Å². The Morgan fingerprint density at radius 1 is 1.03 bits per heavy atom. The predicted molar refractivity (Wildman–Crippen MR) is 144 cm³/mol. The molecule has 0 spiro atoms. The van der Waals surface area contributed by atoms with Gasteiger partial charge in [-0.05, 0) is 77.1 Å². The molecule has 1 aliphatic rings. The first-order chi connectivity index (χ1) is 17.5. The lowest BCUT2D eigenvalue weighted by Gasteiger charge is -2.26. The van der Waals surface area contributed by atoms with Crippen LogP contribution < -0.4 is 4.74 Å². The van der Waals surface area contributed by atoms with Crippen LogP contribution in [0.25, 0.3) is 5.57 Å². The molecule has 5 nitrogen and oxygen atoms in total. The number of carboxylic acid groups (broad SMARTS) is 1. The number of halogens is 1. The van der Waals surface area contributed by atoms with Crippen molar-refractivity contribution in [1.29, 1.82) is 0 Å². The van der Waals surface area contributed by atoms with Crippen LogP contribution in [0.4, 0.5) is 0 Å². The summed E-state index contributed by atoms with van der Waals surface area (Å²) in [6.45, 7) is 6.84. The molecule has 1 heterocycles. The van der Waals surface area contributed by atoms with Crippen LogP contribution in [0.2, 0.25) is 5.02 Å². The van der Waals surface area contributed by atoms with Crippen molar-refractivity contribution in [3.05, 3.63) is 106 Å². The molecule has 4 rings (SSSR count). The van der Waals surface area contributed by atoms with E-state index < -0.39 is 5.97 Å². The van der Waals surface area contributed by atoms with Gasteiger partial charge in [-0.15, -0.1) is 0 Å². The summed E-state index contributed by atoms with van der Waals surface area (Å²) in [7, 11) is 0. The van der Waals surface area contributed by atoms with Crippen molar-refractivity contribution in [3.63, 3.8) is 0 Å². The SMILES string of the molecule is Cc1cc(OC/C=C(\c2ccc(Cl)cc2)c2ccc(CN3CCOCC3)cc2)ccc1CCC(=O)O. The Morgan fingerprint density at radius 2 is 1.69 bits per heavy atom. The first kappa shape index (κ1) is 26.0. The molecule has 0 bridgehead atoms. The first-order valence-electron chi connectivity index (χ1n) is 12.3. The molecule has 6 heteroatoms. The summed E-state index contributed by atoms with van der Waals surface area (Å²) in [5.41, 5.74) is 6.62. The molecule has 1 N–H and O–H groups in total. The number of hydrogen-bond acceptors (Lipinski definition) is 4. The number of aliphatic carboxylic acids is 1. The number of ether oxygens (including phenoxy) is 2. The molecule has 0 radical (unpaired) electrons. The van der Waals surface area contributed by atoms with Crippen LogP contribution in [0.1, 0.15) is 34.2 Å². The van der Waals surface area contributed by atoms with E-state index in [0.29, 0.717) is 18.1 Å². The van der Waals surface area contributed by atoms with Gasteiger partial charge in [0.05, 0.1) is 13.2 Å². The summed E-state index contributed by atoms with van der Waals surface area (Å²) in [6.07, 6.45) is 2.73. The van der Waals surface area contributed by atoms with E-state index in [1.807, 2.05) is 49.4 Å². The minimum Gasteiger partial charge on any atom is -0.490 e. The van der Waals surface area contributed by atoms with Gasteiger partial charge in [-0.2, -0.15) is 0 Å². The van der Waals surface area contributed by atoms with Crippen molar-refractivity contribution in [2.75, 3.05) is 32.9 Å². The Bertz CT molecular complexity index is 1180. The first-order valence-corrected chi connectivity index (χ1v) is 12.7. The molecule has 3 aromatic rings. The second kappa shape index (κ2) is 12.7. The Balaban J connectivity index is 1.48. The molecule has 1 saturated heterocycles. The molecule has 0 atom stereocenters. The summed E-state index contributed by atoms with van der Waals surface area (Å²) in [5, 5.41) is 9.64. The molecule has 1 aliphatic heterocycles. The van der Waals surface area contributed by atoms with Gasteiger partial charge in [0, 0.05) is 31.1 Å². The van der Waals surface area contributed by atoms with Gasteiger partial charge < -0.3 is 14.6 Å². The lowest BCUT2D eigenvalue weighted by Crippen LogP contribution is -2.35. The molecule has 0 saturated carbocycles. The number of morpholine rings is 1. The van der Waals surface area contributed by atoms with Crippen molar-refractivity contribution >= 4 is 23.1 Å². The third-order valence-electron chi connectivity index (χ3n) is 6.39. The van der Waals surface area contributed by atoms with E-state index in [9.17, 15) is 4.79 Å². The molecular formula is C30H32ClNO4. The van der Waals surface area contributed by atoms with Crippen LogP contribution >= 0.6 is 11.6 Å². The number of aryl methyl sites for hydroxylation is 2. The van der Waals surface area contributed by atoms with Gasteiger partial charge in [0.15, 0.2) is 0 Å². The molecule has 3 aromatic carbocycles. The van der Waals surface area contributed by atoms with E-state index in [4.69, 9.17) is 26.2 Å². The van der Waals surface area contributed by atoms with Gasteiger partial charge in [0.1, 0.15) is 12.4 Å². The fraction of sp³-hybridized carbons (Fsp3) is 0.300. The summed E-state index contributed by atoms with van der Waals surface area (Å²) >= 11 is 6.14. The van der Waals surface area contributed by atoms with Gasteiger partial charge in [0.25, 0.3) is 0 Å². The quantitative estimate of drug-likeness (QED) is 0.365. The third kappa shape index (κ3) is 7.44. The van der Waals surface area contributed by atoms with E-state index in [0.717, 1.165) is 66.4 Å². The zero-order chi connectivity index (χ0) is 25.3. The second-order valence-corrected chi connectivity index (χ2v) is 9.44. The van der Waals surface area contributed by atoms with Crippen LogP contribution in [0, 0.1) is 6.92 Å². The van der Waals surface area contributed by atoms with Crippen molar-refractivity contribution < 1.29 is 19.4 Å². The molecule has 0 unspecified atom stereocenters. The average Bonchev–Trinajstić information content (AvgIpc) is 2.88. The van der Waals surface area contributed by atoms with Crippen LogP contribution in [0.15, 0.2) is 72.8 Å². The van der Waals surface area contributed by atoms with Gasteiger partial charge in [-0.3, -0.25) is 9.69 Å². The van der Waals surface area contributed by atoms with Crippen LogP contribution in [0.5, 0.6) is 5.75 Å². The summed E-state index contributed by atoms with van der Waals surface area (Å²) < 4.78 is 11.5. The molecule has 0 aromatic heterocycles. The lowest BCUT2D eigenvalue weighted by atomic mass is 9.96. The van der Waals surface area contributed by atoms with Crippen molar-refractivity contribution in [1.82, 2.24) is 4.90 Å². The minimum absolute atomic E-state index is 0.124. The van der Waals surface area contributed by atoms with Gasteiger partial charge in [-0.25, -0.2) is 0 Å². The number of hydrogen-bond donors (Lipinski definition) is 1. The van der Waals surface area contributed by atoms with Crippen molar-refractivity contribution in [3.8, 4) is 5.75 Å². The highest BCUT2D eigenvalue weighted by Gasteiger charge is 2.12. The zero-order valence-corrected chi connectivity index (χ0v) is 21.3. The van der Waals surface area contributed by atoms with Crippen molar-refractivity contribution in [2.24, 2.45) is 0 Å². The number of nitrogens with zero attached hydrogens (tertiary/aromatic N) is 1. The second-order valence-electron chi connectivity index (χ2n) is 9.00. The highest BCUT2D eigenvalue weighted by atomic mass is 35.5. The molecule has 0 amide bonds. The monoisotopic (exact) mass is 505 g/mol.